The molecule has 172 valence electrons. The summed E-state index contributed by atoms with van der Waals surface area (Å²) >= 11 is 0. The highest BCUT2D eigenvalue weighted by molar-refractivity contribution is 5.99. The Morgan fingerprint density at radius 3 is 2.62 bits per heavy atom. The molecule has 2 aromatic heterocycles. The fourth-order valence-corrected chi connectivity index (χ4v) is 4.59. The summed E-state index contributed by atoms with van der Waals surface area (Å²) in [5.41, 5.74) is 11.4. The van der Waals surface area contributed by atoms with Crippen molar-refractivity contribution in [1.82, 2.24) is 19.7 Å². The van der Waals surface area contributed by atoms with Gasteiger partial charge in [0.05, 0.1) is 18.1 Å². The number of carbonyl (C=O) groups is 1. The molecule has 1 aliphatic rings. The van der Waals surface area contributed by atoms with Gasteiger partial charge >= 0.3 is 0 Å². The molecular weight excluding hydrogens is 436 g/mol. The van der Waals surface area contributed by atoms with Crippen LogP contribution in [0.1, 0.15) is 21.5 Å². The zero-order valence-corrected chi connectivity index (χ0v) is 18.6. The summed E-state index contributed by atoms with van der Waals surface area (Å²) in [5, 5.41) is 4.36. The first-order chi connectivity index (χ1) is 16.4. The van der Waals surface area contributed by atoms with Crippen LogP contribution in [-0.4, -0.2) is 38.2 Å². The zero-order valence-electron chi connectivity index (χ0n) is 18.6. The first kappa shape index (κ1) is 21.9. The third-order valence-corrected chi connectivity index (χ3v) is 6.24. The molecule has 2 N–H and O–H groups in total. The molecule has 1 amide bonds. The third kappa shape index (κ3) is 3.97. The lowest BCUT2D eigenvalue weighted by Gasteiger charge is -2.26. The molecule has 0 saturated heterocycles. The lowest BCUT2D eigenvalue weighted by molar-refractivity contribution is 0.0708. The Bertz CT molecular complexity index is 1380. The largest absolute Gasteiger partial charge is 0.330 e. The normalized spacial score (nSPS) is 13.9. The van der Waals surface area contributed by atoms with E-state index in [4.69, 9.17) is 5.73 Å². The van der Waals surface area contributed by atoms with Crippen LogP contribution < -0.4 is 5.73 Å². The van der Waals surface area contributed by atoms with Crippen LogP contribution in [0, 0.1) is 11.6 Å². The van der Waals surface area contributed by atoms with Crippen molar-refractivity contribution in [1.29, 1.82) is 0 Å². The van der Waals surface area contributed by atoms with Crippen molar-refractivity contribution in [2.24, 2.45) is 12.8 Å². The molecule has 1 atom stereocenters. The van der Waals surface area contributed by atoms with Crippen molar-refractivity contribution < 1.29 is 13.6 Å². The maximum absolute atomic E-state index is 13.8. The Labute approximate surface area is 195 Å². The van der Waals surface area contributed by atoms with Crippen molar-refractivity contribution in [2.75, 3.05) is 6.54 Å². The molecule has 4 aromatic rings. The number of pyridine rings is 1. The van der Waals surface area contributed by atoms with Crippen molar-refractivity contribution in [2.45, 2.75) is 19.0 Å². The molecular formula is C26H23F2N5O. The van der Waals surface area contributed by atoms with Gasteiger partial charge in [0.1, 0.15) is 11.6 Å². The average Bonchev–Trinajstić information content (AvgIpc) is 3.37. The number of aryl methyl sites for hydroxylation is 1. The van der Waals surface area contributed by atoms with Gasteiger partial charge in [0, 0.05) is 54.6 Å². The van der Waals surface area contributed by atoms with Gasteiger partial charge in [0.25, 0.3) is 5.91 Å². The van der Waals surface area contributed by atoms with Crippen LogP contribution in [0.2, 0.25) is 0 Å². The van der Waals surface area contributed by atoms with E-state index in [9.17, 15) is 13.6 Å². The van der Waals surface area contributed by atoms with Gasteiger partial charge in [-0.1, -0.05) is 18.2 Å². The molecule has 0 aliphatic carbocycles. The Morgan fingerprint density at radius 1 is 1.00 bits per heavy atom. The molecule has 1 aliphatic heterocycles. The number of rotatable bonds is 6. The summed E-state index contributed by atoms with van der Waals surface area (Å²) < 4.78 is 29.1. The number of halogens is 2. The Kier molecular flexibility index (Phi) is 5.67. The third-order valence-electron chi connectivity index (χ3n) is 6.24. The van der Waals surface area contributed by atoms with Gasteiger partial charge in [-0.15, -0.1) is 0 Å². The zero-order chi connectivity index (χ0) is 23.8. The highest BCUT2D eigenvalue weighted by Gasteiger charge is 2.32. The molecule has 3 heterocycles. The van der Waals surface area contributed by atoms with Gasteiger partial charge in [-0.2, -0.15) is 5.10 Å². The van der Waals surface area contributed by atoms with Crippen molar-refractivity contribution in [3.8, 4) is 22.4 Å². The second-order valence-corrected chi connectivity index (χ2v) is 8.45. The van der Waals surface area contributed by atoms with E-state index in [0.29, 0.717) is 24.1 Å². The number of fused-ring (bicyclic) bond motifs is 1. The fraction of sp³-hybridized carbons (Fsp3) is 0.192. The van der Waals surface area contributed by atoms with Crippen LogP contribution in [0.5, 0.6) is 0 Å². The van der Waals surface area contributed by atoms with Crippen LogP contribution in [0.25, 0.3) is 22.4 Å². The van der Waals surface area contributed by atoms with E-state index in [2.05, 4.69) is 10.1 Å². The molecule has 0 spiro atoms. The minimum atomic E-state index is -0.423. The molecule has 6 nitrogen and oxygen atoms in total. The number of nitrogens with zero attached hydrogens (tertiary/aromatic N) is 4. The highest BCUT2D eigenvalue weighted by atomic mass is 19.1. The van der Waals surface area contributed by atoms with Gasteiger partial charge in [-0.3, -0.25) is 14.5 Å². The molecule has 2 aromatic carbocycles. The number of nitrogens with two attached hydrogens (primary N) is 1. The van der Waals surface area contributed by atoms with Crippen LogP contribution in [0.15, 0.2) is 67.1 Å². The van der Waals surface area contributed by atoms with Crippen LogP contribution >= 0.6 is 0 Å². The summed E-state index contributed by atoms with van der Waals surface area (Å²) in [6.45, 7) is 0.676. The summed E-state index contributed by atoms with van der Waals surface area (Å²) in [5.74, 6) is -0.823. The average molecular weight is 460 g/mol. The maximum atomic E-state index is 13.8. The molecule has 5 rings (SSSR count). The van der Waals surface area contributed by atoms with Gasteiger partial charge in [0.15, 0.2) is 0 Å². The predicted molar refractivity (Wildman–Crippen MR) is 125 cm³/mol. The first-order valence-corrected chi connectivity index (χ1v) is 11.0. The summed E-state index contributed by atoms with van der Waals surface area (Å²) in [4.78, 5) is 18.9. The molecule has 34 heavy (non-hydrogen) atoms. The summed E-state index contributed by atoms with van der Waals surface area (Å²) in [6.07, 6.45) is 4.91. The van der Waals surface area contributed by atoms with Crippen molar-refractivity contribution >= 4 is 5.91 Å². The first-order valence-electron chi connectivity index (χ1n) is 11.0. The van der Waals surface area contributed by atoms with E-state index in [1.165, 1.54) is 18.2 Å². The SMILES string of the molecule is Cn1ncc(-c2cncc(F)c2)c1-c1ccc2c(c1)CN([C@H](CN)Cc1cccc(F)c1)C2=O. The summed E-state index contributed by atoms with van der Waals surface area (Å²) in [7, 11) is 1.82. The van der Waals surface area contributed by atoms with Gasteiger partial charge < -0.3 is 10.6 Å². The Balaban J connectivity index is 1.46. The second-order valence-electron chi connectivity index (χ2n) is 8.45. The molecule has 0 saturated carbocycles. The molecule has 0 bridgehead atoms. The molecule has 0 fully saturated rings. The lowest BCUT2D eigenvalue weighted by Crippen LogP contribution is -2.42. The Morgan fingerprint density at radius 2 is 1.85 bits per heavy atom. The van der Waals surface area contributed by atoms with Gasteiger partial charge in [-0.05, 0) is 47.9 Å². The number of hydrogen-bond donors (Lipinski definition) is 1. The van der Waals surface area contributed by atoms with Crippen molar-refractivity contribution in [3.05, 3.63) is 95.4 Å². The number of aromatic nitrogens is 3. The maximum Gasteiger partial charge on any atom is 0.254 e. The topological polar surface area (TPSA) is 77.0 Å². The number of amides is 1. The molecule has 0 unspecified atom stereocenters. The Hall–Kier alpha value is -3.91. The predicted octanol–water partition coefficient (Wildman–Crippen LogP) is 3.95. The van der Waals surface area contributed by atoms with E-state index >= 15 is 0 Å². The van der Waals surface area contributed by atoms with Gasteiger partial charge in [0.2, 0.25) is 0 Å². The standard InChI is InChI=1S/C26H23F2N5O/c1-32-25(24(14-31-32)18-10-21(28)13-30-12-18)17-5-6-23-19(9-17)15-33(26(23)34)22(11-29)8-16-3-2-4-20(27)7-16/h2-7,9-10,12-14,22H,8,11,15,29H2,1H3/t22-/m0/s1. The lowest BCUT2D eigenvalue weighted by atomic mass is 9.99. The minimum absolute atomic E-state index is 0.0898. The quantitative estimate of drug-likeness (QED) is 0.474. The second kappa shape index (κ2) is 8.79. The smallest absolute Gasteiger partial charge is 0.254 e. The van der Waals surface area contributed by atoms with E-state index in [0.717, 1.165) is 34.1 Å². The highest BCUT2D eigenvalue weighted by Crippen LogP contribution is 2.35. The number of hydrogen-bond acceptors (Lipinski definition) is 4. The monoisotopic (exact) mass is 459 g/mol. The van der Waals surface area contributed by atoms with Gasteiger partial charge in [-0.25, -0.2) is 8.78 Å². The van der Waals surface area contributed by atoms with E-state index in [-0.39, 0.29) is 24.3 Å². The summed E-state index contributed by atoms with van der Waals surface area (Å²) in [6, 6.07) is 13.2. The van der Waals surface area contributed by atoms with Crippen LogP contribution in [0.3, 0.4) is 0 Å². The number of carbonyl (C=O) groups excluding carboxylic acids is 1. The van der Waals surface area contributed by atoms with E-state index in [1.54, 1.807) is 28.0 Å². The van der Waals surface area contributed by atoms with Crippen LogP contribution in [-0.2, 0) is 20.0 Å². The van der Waals surface area contributed by atoms with Crippen molar-refractivity contribution in [3.63, 3.8) is 0 Å². The van der Waals surface area contributed by atoms with E-state index in [1.807, 2.05) is 31.3 Å². The molecule has 0 radical (unpaired) electrons. The number of benzene rings is 2. The minimum Gasteiger partial charge on any atom is -0.330 e. The molecule has 8 heteroatoms. The van der Waals surface area contributed by atoms with E-state index < -0.39 is 5.82 Å². The fourth-order valence-electron chi connectivity index (χ4n) is 4.59. The van der Waals surface area contributed by atoms with Crippen LogP contribution in [0.4, 0.5) is 8.78 Å².